The first kappa shape index (κ1) is 8.83. The molecule has 0 aliphatic heterocycles. The predicted octanol–water partition coefficient (Wildman–Crippen LogP) is 1.99. The van der Waals surface area contributed by atoms with Gasteiger partial charge in [-0.15, -0.1) is 0 Å². The second kappa shape index (κ2) is 3.19. The number of aromatic carboxylic acids is 1. The fourth-order valence-corrected chi connectivity index (χ4v) is 1.51. The molecule has 0 radical (unpaired) electrons. The van der Waals surface area contributed by atoms with Gasteiger partial charge in [-0.3, -0.25) is 4.98 Å². The fourth-order valence-electron chi connectivity index (χ4n) is 1.20. The lowest BCUT2D eigenvalue weighted by molar-refractivity contribution is 0.0696. The van der Waals surface area contributed by atoms with Crippen LogP contribution < -0.4 is 0 Å². The van der Waals surface area contributed by atoms with Crippen LogP contribution in [-0.4, -0.2) is 21.0 Å². The van der Waals surface area contributed by atoms with Gasteiger partial charge < -0.3 is 10.1 Å². The van der Waals surface area contributed by atoms with Gasteiger partial charge in [0.2, 0.25) is 0 Å². The zero-order valence-electron chi connectivity index (χ0n) is 7.02. The number of carboxylic acids is 1. The Balaban J connectivity index is 2.89. The van der Waals surface area contributed by atoms with E-state index in [0.29, 0.717) is 5.52 Å². The molecule has 2 rings (SSSR count). The van der Waals surface area contributed by atoms with E-state index in [0.717, 1.165) is 5.52 Å². The van der Waals surface area contributed by atoms with Crippen molar-refractivity contribution < 1.29 is 9.90 Å². The summed E-state index contributed by atoms with van der Waals surface area (Å²) < 4.78 is 0.270. The highest BCUT2D eigenvalue weighted by molar-refractivity contribution is 7.71. The molecule has 2 aromatic heterocycles. The fraction of sp³-hybridized carbons (Fsp3) is 0. The molecule has 0 aromatic carbocycles. The van der Waals surface area contributed by atoms with Gasteiger partial charge in [0, 0.05) is 12.4 Å². The van der Waals surface area contributed by atoms with Crippen LogP contribution in [0, 0.1) is 4.51 Å². The van der Waals surface area contributed by atoms with Crippen molar-refractivity contribution in [3.8, 4) is 0 Å². The first-order valence-electron chi connectivity index (χ1n) is 3.90. The molecule has 5 heteroatoms. The summed E-state index contributed by atoms with van der Waals surface area (Å²) in [5.41, 5.74) is 1.33. The van der Waals surface area contributed by atoms with E-state index in [-0.39, 0.29) is 10.1 Å². The molecule has 0 amide bonds. The van der Waals surface area contributed by atoms with E-state index in [4.69, 9.17) is 17.3 Å². The van der Waals surface area contributed by atoms with Crippen LogP contribution in [0.5, 0.6) is 0 Å². The van der Waals surface area contributed by atoms with Crippen molar-refractivity contribution in [1.29, 1.82) is 0 Å². The topological polar surface area (TPSA) is 66.0 Å². The highest BCUT2D eigenvalue weighted by Gasteiger charge is 2.08. The first-order chi connectivity index (χ1) is 6.70. The minimum Gasteiger partial charge on any atom is -0.478 e. The zero-order chi connectivity index (χ0) is 10.1. The van der Waals surface area contributed by atoms with Crippen molar-refractivity contribution >= 4 is 29.2 Å². The first-order valence-corrected chi connectivity index (χ1v) is 4.30. The molecule has 4 nitrogen and oxygen atoms in total. The van der Waals surface area contributed by atoms with Crippen LogP contribution in [0.15, 0.2) is 24.5 Å². The van der Waals surface area contributed by atoms with Crippen LogP contribution in [0.3, 0.4) is 0 Å². The molecule has 0 fully saturated rings. The van der Waals surface area contributed by atoms with Gasteiger partial charge in [0.15, 0.2) is 0 Å². The highest BCUT2D eigenvalue weighted by Crippen LogP contribution is 2.13. The molecule has 0 atom stereocenters. The molecule has 0 saturated carbocycles. The number of carboxylic acid groups (broad SMARTS) is 1. The van der Waals surface area contributed by atoms with E-state index >= 15 is 0 Å². The van der Waals surface area contributed by atoms with Crippen LogP contribution in [0.2, 0.25) is 0 Å². The molecule has 0 aliphatic carbocycles. The summed E-state index contributed by atoms with van der Waals surface area (Å²) in [5.74, 6) is -1.04. The molecule has 0 aliphatic rings. The third kappa shape index (κ3) is 1.27. The summed E-state index contributed by atoms with van der Waals surface area (Å²) in [6, 6.07) is 3.55. The lowest BCUT2D eigenvalue weighted by Gasteiger charge is -1.99. The maximum atomic E-state index is 10.8. The van der Waals surface area contributed by atoms with Gasteiger partial charge in [0.05, 0.1) is 15.6 Å². The van der Waals surface area contributed by atoms with Gasteiger partial charge in [0.1, 0.15) is 5.52 Å². The average molecular weight is 206 g/mol. The Kier molecular flexibility index (Phi) is 2.01. The molecule has 14 heavy (non-hydrogen) atoms. The predicted molar refractivity (Wildman–Crippen MR) is 53.9 cm³/mol. The number of rotatable bonds is 1. The van der Waals surface area contributed by atoms with Crippen LogP contribution in [0.4, 0.5) is 0 Å². The molecule has 2 aromatic rings. The van der Waals surface area contributed by atoms with Gasteiger partial charge in [0.25, 0.3) is 0 Å². The Morgan fingerprint density at radius 1 is 1.57 bits per heavy atom. The molecule has 2 heterocycles. The number of pyridine rings is 2. The minimum absolute atomic E-state index is 0.0752. The standard InChI is InChI=1S/C9H6N2O2S/c12-9(13)5-4-11-6-2-1-3-10-7(6)8(5)14/h1-4H,(H,11,14)(H,12,13). The summed E-state index contributed by atoms with van der Waals surface area (Å²) in [5, 5.41) is 8.81. The monoisotopic (exact) mass is 206 g/mol. The van der Waals surface area contributed by atoms with Crippen LogP contribution >= 0.6 is 12.2 Å². The van der Waals surface area contributed by atoms with Crippen molar-refractivity contribution in [2.75, 3.05) is 0 Å². The quantitative estimate of drug-likeness (QED) is 0.700. The van der Waals surface area contributed by atoms with E-state index in [2.05, 4.69) is 9.97 Å². The van der Waals surface area contributed by atoms with E-state index in [1.807, 2.05) is 0 Å². The molecule has 2 N–H and O–H groups in total. The molecule has 0 saturated heterocycles. The van der Waals surface area contributed by atoms with Gasteiger partial charge in [-0.1, -0.05) is 12.2 Å². The van der Waals surface area contributed by atoms with Crippen LogP contribution in [-0.2, 0) is 0 Å². The van der Waals surface area contributed by atoms with Crippen molar-refractivity contribution in [2.45, 2.75) is 0 Å². The van der Waals surface area contributed by atoms with Gasteiger partial charge in [-0.2, -0.15) is 0 Å². The molecule has 0 unspecified atom stereocenters. The number of fused-ring (bicyclic) bond motifs is 1. The lowest BCUT2D eigenvalue weighted by Crippen LogP contribution is -1.99. The Hall–Kier alpha value is -1.75. The minimum atomic E-state index is -1.04. The lowest BCUT2D eigenvalue weighted by atomic mass is 10.2. The number of hydrogen-bond acceptors (Lipinski definition) is 3. The summed E-state index contributed by atoms with van der Waals surface area (Å²) in [7, 11) is 0. The molecule has 70 valence electrons. The van der Waals surface area contributed by atoms with Crippen LogP contribution in [0.25, 0.3) is 11.0 Å². The SMILES string of the molecule is O=C(O)c1c[nH]c2cccnc2c1=S. The van der Waals surface area contributed by atoms with Crippen LogP contribution in [0.1, 0.15) is 10.4 Å². The number of carbonyl (C=O) groups is 1. The van der Waals surface area contributed by atoms with Crippen molar-refractivity contribution in [1.82, 2.24) is 9.97 Å². The van der Waals surface area contributed by atoms with Crippen molar-refractivity contribution in [3.05, 3.63) is 34.6 Å². The largest absolute Gasteiger partial charge is 0.478 e. The van der Waals surface area contributed by atoms with Gasteiger partial charge >= 0.3 is 5.97 Å². The van der Waals surface area contributed by atoms with Gasteiger partial charge in [-0.05, 0) is 12.1 Å². The zero-order valence-corrected chi connectivity index (χ0v) is 7.84. The highest BCUT2D eigenvalue weighted by atomic mass is 32.1. The number of H-pyrrole nitrogens is 1. The third-order valence-corrected chi connectivity index (χ3v) is 2.28. The maximum absolute atomic E-state index is 10.8. The smallest absolute Gasteiger partial charge is 0.338 e. The molecule has 0 bridgehead atoms. The number of nitrogens with one attached hydrogen (secondary N) is 1. The average Bonchev–Trinajstić information content (AvgIpc) is 2.18. The third-order valence-electron chi connectivity index (χ3n) is 1.87. The Morgan fingerprint density at radius 2 is 2.36 bits per heavy atom. The number of aromatic amines is 1. The second-order valence-corrected chi connectivity index (χ2v) is 3.14. The molecule has 0 spiro atoms. The van der Waals surface area contributed by atoms with Crippen molar-refractivity contribution in [3.63, 3.8) is 0 Å². The summed E-state index contributed by atoms with van der Waals surface area (Å²) in [6.07, 6.45) is 2.96. The number of nitrogens with zero attached hydrogens (tertiary/aromatic N) is 1. The Bertz CT molecular complexity index is 562. The summed E-state index contributed by atoms with van der Waals surface area (Å²) >= 11 is 5.01. The second-order valence-electron chi connectivity index (χ2n) is 2.74. The Morgan fingerprint density at radius 3 is 3.07 bits per heavy atom. The van der Waals surface area contributed by atoms with E-state index in [1.54, 1.807) is 18.3 Å². The Labute approximate surface area is 84.2 Å². The van der Waals surface area contributed by atoms with Crippen molar-refractivity contribution in [2.24, 2.45) is 0 Å². The number of hydrogen-bond donors (Lipinski definition) is 2. The normalized spacial score (nSPS) is 10.3. The summed E-state index contributed by atoms with van der Waals surface area (Å²) in [6.45, 7) is 0. The summed E-state index contributed by atoms with van der Waals surface area (Å²) in [4.78, 5) is 17.6. The maximum Gasteiger partial charge on any atom is 0.338 e. The van der Waals surface area contributed by atoms with E-state index in [9.17, 15) is 4.79 Å². The molecular weight excluding hydrogens is 200 g/mol. The molecular formula is C9H6N2O2S. The van der Waals surface area contributed by atoms with Gasteiger partial charge in [-0.25, -0.2) is 4.79 Å². The number of aromatic nitrogens is 2. The van der Waals surface area contributed by atoms with E-state index in [1.165, 1.54) is 6.20 Å². The van der Waals surface area contributed by atoms with E-state index < -0.39 is 5.97 Å².